The van der Waals surface area contributed by atoms with Gasteiger partial charge in [-0.2, -0.15) is 0 Å². The number of aliphatic carboxylic acids is 2. The van der Waals surface area contributed by atoms with Crippen LogP contribution in [0.3, 0.4) is 0 Å². The first-order valence-electron chi connectivity index (χ1n) is 5.88. The van der Waals surface area contributed by atoms with Gasteiger partial charge in [0.1, 0.15) is 0 Å². The summed E-state index contributed by atoms with van der Waals surface area (Å²) >= 11 is 0. The molecule has 0 spiro atoms. The standard InChI is InChI=1S/C14H17NO4/c1-3-7-15(8-4-2)12-9-10(13(16)17)5-6-11(12)14(18)19/h3-4,9H,1-2,5-8H2,(H,16,17)(H,18,19). The van der Waals surface area contributed by atoms with Crippen molar-refractivity contribution in [3.8, 4) is 0 Å². The average Bonchev–Trinajstić information content (AvgIpc) is 2.37. The van der Waals surface area contributed by atoms with Gasteiger partial charge in [0, 0.05) is 24.4 Å². The van der Waals surface area contributed by atoms with E-state index in [1.165, 1.54) is 6.08 Å². The predicted octanol–water partition coefficient (Wildman–Crippen LogP) is 1.80. The van der Waals surface area contributed by atoms with Crippen LogP contribution in [0.25, 0.3) is 0 Å². The molecule has 0 atom stereocenters. The molecule has 0 aromatic carbocycles. The van der Waals surface area contributed by atoms with Gasteiger partial charge in [-0.25, -0.2) is 9.59 Å². The normalized spacial score (nSPS) is 14.6. The maximum absolute atomic E-state index is 11.2. The number of carboxylic acids is 2. The van der Waals surface area contributed by atoms with Crippen LogP contribution in [0.5, 0.6) is 0 Å². The van der Waals surface area contributed by atoms with Crippen molar-refractivity contribution < 1.29 is 19.8 Å². The summed E-state index contributed by atoms with van der Waals surface area (Å²) in [4.78, 5) is 24.0. The zero-order chi connectivity index (χ0) is 14.4. The molecule has 0 saturated heterocycles. The fourth-order valence-corrected chi connectivity index (χ4v) is 1.96. The van der Waals surface area contributed by atoms with Gasteiger partial charge in [0.15, 0.2) is 0 Å². The number of carboxylic acid groups (broad SMARTS) is 2. The quantitative estimate of drug-likeness (QED) is 0.685. The molecule has 0 aromatic heterocycles. The Hall–Kier alpha value is -2.30. The third-order valence-corrected chi connectivity index (χ3v) is 2.84. The lowest BCUT2D eigenvalue weighted by molar-refractivity contribution is -0.134. The summed E-state index contributed by atoms with van der Waals surface area (Å²) in [5, 5.41) is 18.2. The van der Waals surface area contributed by atoms with Gasteiger partial charge in [-0.15, -0.1) is 13.2 Å². The van der Waals surface area contributed by atoms with Crippen LogP contribution in [0.15, 0.2) is 48.2 Å². The van der Waals surface area contributed by atoms with Crippen molar-refractivity contribution in [1.82, 2.24) is 4.90 Å². The highest BCUT2D eigenvalue weighted by Gasteiger charge is 2.24. The van der Waals surface area contributed by atoms with E-state index < -0.39 is 11.9 Å². The lowest BCUT2D eigenvalue weighted by Crippen LogP contribution is -2.27. The van der Waals surface area contributed by atoms with Gasteiger partial charge in [-0.3, -0.25) is 0 Å². The minimum Gasteiger partial charge on any atom is -0.478 e. The molecule has 1 rings (SSSR count). The minimum atomic E-state index is -1.02. The van der Waals surface area contributed by atoms with Gasteiger partial charge in [0.2, 0.25) is 0 Å². The van der Waals surface area contributed by atoms with Crippen LogP contribution < -0.4 is 0 Å². The van der Waals surface area contributed by atoms with Gasteiger partial charge in [0.05, 0.1) is 5.57 Å². The van der Waals surface area contributed by atoms with Crippen molar-refractivity contribution in [2.24, 2.45) is 0 Å². The van der Waals surface area contributed by atoms with Crippen molar-refractivity contribution in [3.05, 3.63) is 48.2 Å². The van der Waals surface area contributed by atoms with Crippen LogP contribution in [0.4, 0.5) is 0 Å². The SMILES string of the molecule is C=CCN(CC=C)C1=C(C(=O)O)CCC(C(=O)O)=C1. The first-order chi connectivity index (χ1) is 9.01. The maximum Gasteiger partial charge on any atom is 0.333 e. The van der Waals surface area contributed by atoms with E-state index in [-0.39, 0.29) is 24.0 Å². The number of hydrogen-bond donors (Lipinski definition) is 2. The smallest absolute Gasteiger partial charge is 0.333 e. The molecule has 1 aliphatic carbocycles. The fraction of sp³-hybridized carbons (Fsp3) is 0.286. The Morgan fingerprint density at radius 2 is 1.74 bits per heavy atom. The van der Waals surface area contributed by atoms with Crippen molar-refractivity contribution in [1.29, 1.82) is 0 Å². The molecular weight excluding hydrogens is 246 g/mol. The van der Waals surface area contributed by atoms with E-state index in [1.807, 2.05) is 0 Å². The van der Waals surface area contributed by atoms with Crippen LogP contribution in [0, 0.1) is 0 Å². The van der Waals surface area contributed by atoms with Crippen molar-refractivity contribution >= 4 is 11.9 Å². The summed E-state index contributed by atoms with van der Waals surface area (Å²) in [5.74, 6) is -2.03. The zero-order valence-corrected chi connectivity index (χ0v) is 10.6. The highest BCUT2D eigenvalue weighted by atomic mass is 16.4. The number of rotatable bonds is 7. The summed E-state index contributed by atoms with van der Waals surface area (Å²) in [5.41, 5.74) is 0.878. The predicted molar refractivity (Wildman–Crippen MR) is 71.6 cm³/mol. The molecular formula is C14H17NO4. The van der Waals surface area contributed by atoms with Crippen molar-refractivity contribution in [3.63, 3.8) is 0 Å². The molecule has 5 heteroatoms. The molecule has 0 aliphatic heterocycles. The number of nitrogens with zero attached hydrogens (tertiary/aromatic N) is 1. The monoisotopic (exact) mass is 263 g/mol. The maximum atomic E-state index is 11.2. The highest BCUT2D eigenvalue weighted by molar-refractivity contribution is 5.92. The van der Waals surface area contributed by atoms with Gasteiger partial charge in [0.25, 0.3) is 0 Å². The van der Waals surface area contributed by atoms with E-state index in [0.29, 0.717) is 18.8 Å². The molecule has 0 aromatic rings. The van der Waals surface area contributed by atoms with Gasteiger partial charge >= 0.3 is 11.9 Å². The second-order valence-electron chi connectivity index (χ2n) is 4.13. The van der Waals surface area contributed by atoms with E-state index >= 15 is 0 Å². The second kappa shape index (κ2) is 6.58. The summed E-state index contributed by atoms with van der Waals surface area (Å²) in [7, 11) is 0. The summed E-state index contributed by atoms with van der Waals surface area (Å²) < 4.78 is 0. The molecule has 102 valence electrons. The first-order valence-corrected chi connectivity index (χ1v) is 5.88. The molecule has 0 unspecified atom stereocenters. The number of allylic oxidation sites excluding steroid dienone is 1. The Kier molecular flexibility index (Phi) is 5.11. The molecule has 19 heavy (non-hydrogen) atoms. The largest absolute Gasteiger partial charge is 0.478 e. The minimum absolute atomic E-state index is 0.216. The van der Waals surface area contributed by atoms with Crippen LogP contribution in [0.1, 0.15) is 12.8 Å². The molecule has 0 fully saturated rings. The molecule has 0 radical (unpaired) electrons. The number of carbonyl (C=O) groups is 2. The van der Waals surface area contributed by atoms with E-state index in [9.17, 15) is 14.7 Å². The summed E-state index contributed by atoms with van der Waals surface area (Å²) in [6.07, 6.45) is 5.16. The van der Waals surface area contributed by atoms with Crippen LogP contribution in [-0.2, 0) is 9.59 Å². The second-order valence-corrected chi connectivity index (χ2v) is 4.13. The number of hydrogen-bond acceptors (Lipinski definition) is 3. The third-order valence-electron chi connectivity index (χ3n) is 2.84. The van der Waals surface area contributed by atoms with E-state index in [1.54, 1.807) is 17.1 Å². The Morgan fingerprint density at radius 3 is 2.16 bits per heavy atom. The molecule has 5 nitrogen and oxygen atoms in total. The fourth-order valence-electron chi connectivity index (χ4n) is 1.96. The molecule has 1 aliphatic rings. The van der Waals surface area contributed by atoms with Crippen LogP contribution >= 0.6 is 0 Å². The lowest BCUT2D eigenvalue weighted by atomic mass is 9.95. The molecule has 2 N–H and O–H groups in total. The third kappa shape index (κ3) is 3.58. The summed E-state index contributed by atoms with van der Waals surface area (Å²) in [6.45, 7) is 8.10. The lowest BCUT2D eigenvalue weighted by Gasteiger charge is -2.27. The van der Waals surface area contributed by atoms with Gasteiger partial charge in [-0.05, 0) is 18.9 Å². The molecule has 0 bridgehead atoms. The van der Waals surface area contributed by atoms with Crippen molar-refractivity contribution in [2.75, 3.05) is 13.1 Å². The first kappa shape index (κ1) is 14.8. The van der Waals surface area contributed by atoms with Crippen LogP contribution in [0.2, 0.25) is 0 Å². The van der Waals surface area contributed by atoms with Gasteiger partial charge < -0.3 is 15.1 Å². The Bertz CT molecular complexity index is 464. The van der Waals surface area contributed by atoms with E-state index in [0.717, 1.165) is 0 Å². The summed E-state index contributed by atoms with van der Waals surface area (Å²) in [6, 6.07) is 0. The van der Waals surface area contributed by atoms with Crippen LogP contribution in [-0.4, -0.2) is 40.1 Å². The van der Waals surface area contributed by atoms with Gasteiger partial charge in [-0.1, -0.05) is 12.2 Å². The molecule has 0 heterocycles. The topological polar surface area (TPSA) is 77.8 Å². The molecule has 0 saturated carbocycles. The average molecular weight is 263 g/mol. The Labute approximate surface area is 111 Å². The zero-order valence-electron chi connectivity index (χ0n) is 10.6. The Morgan fingerprint density at radius 1 is 1.16 bits per heavy atom. The highest BCUT2D eigenvalue weighted by Crippen LogP contribution is 2.27. The van der Waals surface area contributed by atoms with E-state index in [2.05, 4.69) is 13.2 Å². The van der Waals surface area contributed by atoms with E-state index in [4.69, 9.17) is 5.11 Å². The molecule has 0 amide bonds. The Balaban J connectivity index is 3.24. The van der Waals surface area contributed by atoms with Crippen molar-refractivity contribution in [2.45, 2.75) is 12.8 Å².